The molecule has 9 nitrogen and oxygen atoms in total. The van der Waals surface area contributed by atoms with Crippen LogP contribution in [0.1, 0.15) is 43.6 Å². The molecule has 0 bridgehead atoms. The van der Waals surface area contributed by atoms with Gasteiger partial charge in [-0.15, -0.1) is 5.10 Å². The highest BCUT2D eigenvalue weighted by molar-refractivity contribution is 7.89. The number of methoxy groups -OCH3 is 1. The fourth-order valence-electron chi connectivity index (χ4n) is 4.72. The van der Waals surface area contributed by atoms with E-state index in [1.807, 2.05) is 0 Å². The number of alkyl halides is 3. The molecule has 0 spiro atoms. The predicted molar refractivity (Wildman–Crippen MR) is 142 cm³/mol. The molecule has 2 aromatic carbocycles. The number of ether oxygens (including phenoxy) is 1. The summed E-state index contributed by atoms with van der Waals surface area (Å²) < 4.78 is 77.5. The molecule has 1 aliphatic heterocycles. The summed E-state index contributed by atoms with van der Waals surface area (Å²) in [6.07, 6.45) is -3.57. The van der Waals surface area contributed by atoms with Gasteiger partial charge in [0.05, 0.1) is 12.7 Å². The van der Waals surface area contributed by atoms with E-state index in [1.165, 1.54) is 25.3 Å². The Morgan fingerprint density at radius 3 is 2.49 bits per heavy atom. The quantitative estimate of drug-likeness (QED) is 0.355. The molecule has 212 valence electrons. The Balaban J connectivity index is 1.71. The Labute approximate surface area is 229 Å². The maximum absolute atomic E-state index is 14.2. The minimum Gasteiger partial charge on any atom is -0.495 e. The highest BCUT2D eigenvalue weighted by atomic mass is 35.5. The lowest BCUT2D eigenvalue weighted by molar-refractivity contribution is -0.137. The van der Waals surface area contributed by atoms with E-state index in [9.17, 15) is 21.6 Å². The lowest BCUT2D eigenvalue weighted by Gasteiger charge is -2.34. The van der Waals surface area contributed by atoms with E-state index < -0.39 is 21.8 Å². The monoisotopic (exact) mass is 586 g/mol. The molecule has 1 saturated heterocycles. The normalized spacial score (nSPS) is 15.7. The smallest absolute Gasteiger partial charge is 0.417 e. The zero-order chi connectivity index (χ0) is 28.5. The summed E-state index contributed by atoms with van der Waals surface area (Å²) in [5.41, 5.74) is 4.34. The SMILES string of the molecule is COc1ccc(-c2c(Cl)cc(Cc3nc(N)n[nH]3)cc2C(F)(F)F)cc1S(=O)(=O)NC1CCN(C(C)C)CC1. The standard InChI is InChI=1S/C25H30ClF3N6O3S/c1-14(2)35-8-6-17(7-9-35)34-39(36,37)21-13-16(4-5-20(21)38-3)23-18(25(27,28)29)10-15(11-19(23)26)12-22-31-24(30)33-32-22/h4-5,10-11,13-14,17,34H,6-9,12H2,1-3H3,(H3,30,31,32,33). The van der Waals surface area contributed by atoms with Crippen LogP contribution in [0.2, 0.25) is 5.02 Å². The minimum absolute atomic E-state index is 0.00933. The number of benzene rings is 2. The van der Waals surface area contributed by atoms with E-state index in [4.69, 9.17) is 22.1 Å². The van der Waals surface area contributed by atoms with Gasteiger partial charge in [0.2, 0.25) is 16.0 Å². The summed E-state index contributed by atoms with van der Waals surface area (Å²) in [5, 5.41) is 6.04. The number of hydrogen-bond acceptors (Lipinski definition) is 7. The van der Waals surface area contributed by atoms with Crippen LogP contribution in [0, 0.1) is 0 Å². The second kappa shape index (κ2) is 11.3. The number of halogens is 4. The third kappa shape index (κ3) is 6.65. The number of hydrogen-bond donors (Lipinski definition) is 3. The largest absolute Gasteiger partial charge is 0.495 e. The Bertz CT molecular complexity index is 1440. The first-order chi connectivity index (χ1) is 18.3. The molecule has 3 aromatic rings. The highest BCUT2D eigenvalue weighted by Crippen LogP contribution is 2.43. The number of aromatic amines is 1. The van der Waals surface area contributed by atoms with Gasteiger partial charge in [-0.2, -0.15) is 18.2 Å². The lowest BCUT2D eigenvalue weighted by Crippen LogP contribution is -2.46. The van der Waals surface area contributed by atoms with Gasteiger partial charge in [0.1, 0.15) is 16.5 Å². The van der Waals surface area contributed by atoms with E-state index in [-0.39, 0.29) is 56.6 Å². The van der Waals surface area contributed by atoms with Gasteiger partial charge in [0.25, 0.3) is 0 Å². The molecule has 0 amide bonds. The van der Waals surface area contributed by atoms with Crippen LogP contribution in [0.3, 0.4) is 0 Å². The van der Waals surface area contributed by atoms with Crippen LogP contribution >= 0.6 is 11.6 Å². The first-order valence-corrected chi connectivity index (χ1v) is 14.2. The Kier molecular flexibility index (Phi) is 8.45. The van der Waals surface area contributed by atoms with Gasteiger partial charge >= 0.3 is 6.18 Å². The number of nitrogens with zero attached hydrogens (tertiary/aromatic N) is 3. The molecular weight excluding hydrogens is 557 g/mol. The average Bonchev–Trinajstić information content (AvgIpc) is 3.27. The van der Waals surface area contributed by atoms with Crippen molar-refractivity contribution in [3.05, 3.63) is 52.3 Å². The van der Waals surface area contributed by atoms with Crippen molar-refractivity contribution < 1.29 is 26.3 Å². The molecule has 0 unspecified atom stereocenters. The molecule has 39 heavy (non-hydrogen) atoms. The maximum Gasteiger partial charge on any atom is 0.417 e. The molecule has 0 atom stereocenters. The number of aromatic nitrogens is 3. The van der Waals surface area contributed by atoms with Gasteiger partial charge in [-0.1, -0.05) is 17.7 Å². The number of piperidine rings is 1. The number of nitrogens with two attached hydrogens (primary N) is 1. The fourth-order valence-corrected chi connectivity index (χ4v) is 6.57. The van der Waals surface area contributed by atoms with E-state index in [0.29, 0.717) is 18.9 Å². The van der Waals surface area contributed by atoms with Crippen molar-refractivity contribution in [2.75, 3.05) is 25.9 Å². The Morgan fingerprint density at radius 2 is 1.92 bits per heavy atom. The van der Waals surface area contributed by atoms with Crippen molar-refractivity contribution >= 4 is 27.6 Å². The predicted octanol–water partition coefficient (Wildman–Crippen LogP) is 4.48. The third-order valence-corrected chi connectivity index (χ3v) is 8.54. The van der Waals surface area contributed by atoms with Crippen LogP contribution in [0.15, 0.2) is 35.2 Å². The summed E-state index contributed by atoms with van der Waals surface area (Å²) in [5.74, 6) is 0.248. The number of H-pyrrole nitrogens is 1. The molecular formula is C25H30ClF3N6O3S. The van der Waals surface area contributed by atoms with Gasteiger partial charge < -0.3 is 15.4 Å². The van der Waals surface area contributed by atoms with Gasteiger partial charge in [-0.3, -0.25) is 5.10 Å². The number of rotatable bonds is 8. The summed E-state index contributed by atoms with van der Waals surface area (Å²) in [7, 11) is -2.83. The van der Waals surface area contributed by atoms with Gasteiger partial charge in [-0.05, 0) is 75.2 Å². The third-order valence-electron chi connectivity index (χ3n) is 6.70. The molecule has 0 saturated carbocycles. The topological polar surface area (TPSA) is 126 Å². The van der Waals surface area contributed by atoms with Crippen molar-refractivity contribution in [3.8, 4) is 16.9 Å². The fraction of sp³-hybridized carbons (Fsp3) is 0.440. The second-order valence-electron chi connectivity index (χ2n) is 9.71. The van der Waals surface area contributed by atoms with E-state index in [2.05, 4.69) is 38.7 Å². The van der Waals surface area contributed by atoms with Crippen molar-refractivity contribution in [3.63, 3.8) is 0 Å². The lowest BCUT2D eigenvalue weighted by atomic mass is 9.95. The van der Waals surface area contributed by atoms with Crippen molar-refractivity contribution in [2.24, 2.45) is 0 Å². The first kappa shape index (κ1) is 29.1. The Morgan fingerprint density at radius 1 is 1.23 bits per heavy atom. The van der Waals surface area contributed by atoms with Gasteiger partial charge in [-0.25, -0.2) is 13.1 Å². The summed E-state index contributed by atoms with van der Waals surface area (Å²) in [6.45, 7) is 5.63. The summed E-state index contributed by atoms with van der Waals surface area (Å²) in [4.78, 5) is 5.92. The number of anilines is 1. The van der Waals surface area contributed by atoms with Crippen LogP contribution in [-0.4, -0.2) is 60.8 Å². The highest BCUT2D eigenvalue weighted by Gasteiger charge is 2.36. The molecule has 14 heteroatoms. The van der Waals surface area contributed by atoms with Crippen LogP contribution in [0.4, 0.5) is 19.1 Å². The number of sulfonamides is 1. The summed E-state index contributed by atoms with van der Waals surface area (Å²) >= 11 is 6.41. The zero-order valence-electron chi connectivity index (χ0n) is 21.6. The van der Waals surface area contributed by atoms with E-state index >= 15 is 0 Å². The summed E-state index contributed by atoms with van der Waals surface area (Å²) in [6, 6.07) is 6.23. The molecule has 0 radical (unpaired) electrons. The molecule has 1 aromatic heterocycles. The maximum atomic E-state index is 14.2. The molecule has 1 aliphatic rings. The van der Waals surface area contributed by atoms with Crippen LogP contribution in [-0.2, 0) is 22.6 Å². The van der Waals surface area contributed by atoms with Crippen molar-refractivity contribution in [1.82, 2.24) is 24.8 Å². The van der Waals surface area contributed by atoms with E-state index in [1.54, 1.807) is 0 Å². The van der Waals surface area contributed by atoms with Gasteiger partial charge in [0.15, 0.2) is 0 Å². The molecule has 0 aliphatic carbocycles. The molecule has 4 N–H and O–H groups in total. The molecule has 2 heterocycles. The average molecular weight is 587 g/mol. The molecule has 1 fully saturated rings. The van der Waals surface area contributed by atoms with Crippen LogP contribution in [0.5, 0.6) is 5.75 Å². The van der Waals surface area contributed by atoms with Crippen LogP contribution < -0.4 is 15.2 Å². The Hall–Kier alpha value is -2.87. The molecule has 4 rings (SSSR count). The number of nitrogen functional groups attached to an aromatic ring is 1. The van der Waals surface area contributed by atoms with Gasteiger partial charge in [0, 0.05) is 29.1 Å². The van der Waals surface area contributed by atoms with Crippen molar-refractivity contribution in [1.29, 1.82) is 0 Å². The zero-order valence-corrected chi connectivity index (χ0v) is 23.2. The minimum atomic E-state index is -4.78. The number of nitrogens with one attached hydrogen (secondary N) is 2. The van der Waals surface area contributed by atoms with Crippen molar-refractivity contribution in [2.45, 2.75) is 56.3 Å². The van der Waals surface area contributed by atoms with E-state index in [0.717, 1.165) is 25.2 Å². The number of likely N-dealkylation sites (tertiary alicyclic amines) is 1. The van der Waals surface area contributed by atoms with Crippen LogP contribution in [0.25, 0.3) is 11.1 Å². The second-order valence-corrected chi connectivity index (χ2v) is 11.8. The first-order valence-electron chi connectivity index (χ1n) is 12.3.